The molecule has 3 aromatic rings. The Labute approximate surface area is 138 Å². The van der Waals surface area contributed by atoms with Gasteiger partial charge < -0.3 is 9.73 Å². The number of halogens is 1. The molecule has 0 atom stereocenters. The number of benzene rings is 2. The van der Waals surface area contributed by atoms with Gasteiger partial charge in [0.25, 0.3) is 5.91 Å². The van der Waals surface area contributed by atoms with Gasteiger partial charge >= 0.3 is 0 Å². The molecule has 0 aliphatic carbocycles. The molecule has 1 heterocycles. The fraction of sp³-hybridized carbons (Fsp3) is 0.118. The first kappa shape index (κ1) is 15.2. The Morgan fingerprint density at radius 3 is 2.48 bits per heavy atom. The fourth-order valence-electron chi connectivity index (χ4n) is 2.10. The third kappa shape index (κ3) is 3.40. The molecule has 2 aromatic carbocycles. The minimum atomic E-state index is -0.205. The Balaban J connectivity index is 1.79. The molecule has 5 nitrogen and oxygen atoms in total. The van der Waals surface area contributed by atoms with Gasteiger partial charge in [-0.25, -0.2) is 0 Å². The molecule has 0 saturated carbocycles. The van der Waals surface area contributed by atoms with Crippen molar-refractivity contribution in [1.29, 1.82) is 0 Å². The van der Waals surface area contributed by atoms with Crippen LogP contribution in [0.3, 0.4) is 0 Å². The lowest BCUT2D eigenvalue weighted by molar-refractivity contribution is 0.102. The second-order valence-corrected chi connectivity index (χ2v) is 5.55. The highest BCUT2D eigenvalue weighted by Gasteiger charge is 2.10. The molecule has 0 unspecified atom stereocenters. The van der Waals surface area contributed by atoms with Crippen LogP contribution < -0.4 is 5.32 Å². The number of anilines is 1. The van der Waals surface area contributed by atoms with Crippen LogP contribution in [0.4, 0.5) is 5.69 Å². The van der Waals surface area contributed by atoms with Crippen LogP contribution >= 0.6 is 11.6 Å². The zero-order chi connectivity index (χ0) is 16.4. The summed E-state index contributed by atoms with van der Waals surface area (Å²) in [6, 6.07) is 12.3. The molecule has 116 valence electrons. The molecule has 0 saturated heterocycles. The van der Waals surface area contributed by atoms with Crippen LogP contribution in [0.1, 0.15) is 21.8 Å². The summed E-state index contributed by atoms with van der Waals surface area (Å²) in [4.78, 5) is 12.3. The van der Waals surface area contributed by atoms with Gasteiger partial charge in [-0.3, -0.25) is 4.79 Å². The first-order valence-electron chi connectivity index (χ1n) is 7.01. The van der Waals surface area contributed by atoms with Crippen molar-refractivity contribution in [3.05, 3.63) is 64.5 Å². The third-order valence-electron chi connectivity index (χ3n) is 3.37. The minimum Gasteiger partial charge on any atom is -0.421 e. The summed E-state index contributed by atoms with van der Waals surface area (Å²) < 4.78 is 5.36. The molecule has 3 rings (SSSR count). The normalized spacial score (nSPS) is 10.6. The summed E-state index contributed by atoms with van der Waals surface area (Å²) in [7, 11) is 0. The molecule has 6 heteroatoms. The summed E-state index contributed by atoms with van der Waals surface area (Å²) in [6.07, 6.45) is 0. The maximum Gasteiger partial charge on any atom is 0.255 e. The lowest BCUT2D eigenvalue weighted by atomic mass is 10.1. The average Bonchev–Trinajstić information content (AvgIpc) is 2.97. The molecule has 0 aliphatic rings. The van der Waals surface area contributed by atoms with Crippen LogP contribution in [-0.4, -0.2) is 16.1 Å². The van der Waals surface area contributed by atoms with Gasteiger partial charge in [0.2, 0.25) is 11.8 Å². The van der Waals surface area contributed by atoms with Crippen LogP contribution in [0.5, 0.6) is 0 Å². The standard InChI is InChI=1S/C17H14ClN3O2/c1-10-3-8-14(18)9-15(10)19-16(22)12-4-6-13(7-5-12)17-21-20-11(2)23-17/h3-9H,1-2H3,(H,19,22). The van der Waals surface area contributed by atoms with E-state index in [1.807, 2.05) is 13.0 Å². The number of nitrogens with one attached hydrogen (secondary N) is 1. The van der Waals surface area contributed by atoms with Crippen molar-refractivity contribution in [3.8, 4) is 11.5 Å². The summed E-state index contributed by atoms with van der Waals surface area (Å²) in [5.74, 6) is 0.724. The number of aromatic nitrogens is 2. The summed E-state index contributed by atoms with van der Waals surface area (Å²) in [5.41, 5.74) is 2.94. The average molecular weight is 328 g/mol. The Kier molecular flexibility index (Phi) is 4.12. The van der Waals surface area contributed by atoms with Crippen molar-refractivity contribution in [2.24, 2.45) is 0 Å². The Bertz CT molecular complexity index is 857. The smallest absolute Gasteiger partial charge is 0.255 e. The molecular formula is C17H14ClN3O2. The van der Waals surface area contributed by atoms with Gasteiger partial charge in [0.1, 0.15) is 0 Å². The van der Waals surface area contributed by atoms with Crippen molar-refractivity contribution in [2.45, 2.75) is 13.8 Å². The molecular weight excluding hydrogens is 314 g/mol. The lowest BCUT2D eigenvalue weighted by Crippen LogP contribution is -2.12. The van der Waals surface area contributed by atoms with E-state index in [0.717, 1.165) is 11.1 Å². The van der Waals surface area contributed by atoms with Gasteiger partial charge in [-0.2, -0.15) is 0 Å². The molecule has 0 bridgehead atoms. The number of carbonyl (C=O) groups is 1. The van der Waals surface area contributed by atoms with Crippen molar-refractivity contribution in [3.63, 3.8) is 0 Å². The van der Waals surface area contributed by atoms with Gasteiger partial charge in [0, 0.05) is 28.8 Å². The van der Waals surface area contributed by atoms with E-state index in [9.17, 15) is 4.79 Å². The molecule has 1 aromatic heterocycles. The summed E-state index contributed by atoms with van der Waals surface area (Å²) in [5, 5.41) is 11.2. The number of nitrogens with zero attached hydrogens (tertiary/aromatic N) is 2. The van der Waals surface area contributed by atoms with Gasteiger partial charge in [-0.05, 0) is 48.9 Å². The molecule has 1 N–H and O–H groups in total. The van der Waals surface area contributed by atoms with Crippen LogP contribution in [0, 0.1) is 13.8 Å². The minimum absolute atomic E-state index is 0.205. The Hall–Kier alpha value is -2.66. The predicted molar refractivity (Wildman–Crippen MR) is 88.6 cm³/mol. The topological polar surface area (TPSA) is 68.0 Å². The van der Waals surface area contributed by atoms with Crippen molar-refractivity contribution in [1.82, 2.24) is 10.2 Å². The Morgan fingerprint density at radius 1 is 1.09 bits per heavy atom. The number of hydrogen-bond donors (Lipinski definition) is 1. The zero-order valence-corrected chi connectivity index (χ0v) is 13.4. The van der Waals surface area contributed by atoms with Gasteiger partial charge in [0.15, 0.2) is 0 Å². The molecule has 1 amide bonds. The maximum atomic E-state index is 12.3. The van der Waals surface area contributed by atoms with Gasteiger partial charge in [0.05, 0.1) is 0 Å². The zero-order valence-electron chi connectivity index (χ0n) is 12.6. The highest BCUT2D eigenvalue weighted by atomic mass is 35.5. The molecule has 23 heavy (non-hydrogen) atoms. The first-order chi connectivity index (χ1) is 11.0. The maximum absolute atomic E-state index is 12.3. The summed E-state index contributed by atoms with van der Waals surface area (Å²) >= 11 is 5.96. The molecule has 0 radical (unpaired) electrons. The van der Waals surface area contributed by atoms with E-state index in [0.29, 0.717) is 28.1 Å². The number of carbonyl (C=O) groups excluding carboxylic acids is 1. The SMILES string of the molecule is Cc1nnc(-c2ccc(C(=O)Nc3cc(Cl)ccc3C)cc2)o1. The number of rotatable bonds is 3. The molecule has 0 fully saturated rings. The van der Waals surface area contributed by atoms with Crippen LogP contribution in [0.25, 0.3) is 11.5 Å². The first-order valence-corrected chi connectivity index (χ1v) is 7.39. The van der Waals surface area contributed by atoms with E-state index >= 15 is 0 Å². The van der Waals surface area contributed by atoms with Gasteiger partial charge in [-0.15, -0.1) is 10.2 Å². The lowest BCUT2D eigenvalue weighted by Gasteiger charge is -2.09. The van der Waals surface area contributed by atoms with Crippen LogP contribution in [0.2, 0.25) is 5.02 Å². The summed E-state index contributed by atoms with van der Waals surface area (Å²) in [6.45, 7) is 3.64. The van der Waals surface area contributed by atoms with Crippen molar-refractivity contribution < 1.29 is 9.21 Å². The monoisotopic (exact) mass is 327 g/mol. The quantitative estimate of drug-likeness (QED) is 0.780. The second kappa shape index (κ2) is 6.22. The second-order valence-electron chi connectivity index (χ2n) is 5.12. The van der Waals surface area contributed by atoms with E-state index in [1.54, 1.807) is 43.3 Å². The third-order valence-corrected chi connectivity index (χ3v) is 3.60. The van der Waals surface area contributed by atoms with E-state index in [1.165, 1.54) is 0 Å². The Morgan fingerprint density at radius 2 is 1.83 bits per heavy atom. The fourth-order valence-corrected chi connectivity index (χ4v) is 2.27. The van der Waals surface area contributed by atoms with Crippen LogP contribution in [0.15, 0.2) is 46.9 Å². The largest absolute Gasteiger partial charge is 0.421 e. The van der Waals surface area contributed by atoms with E-state index < -0.39 is 0 Å². The molecule has 0 spiro atoms. The van der Waals surface area contributed by atoms with Gasteiger partial charge in [-0.1, -0.05) is 17.7 Å². The van der Waals surface area contributed by atoms with Crippen molar-refractivity contribution >= 4 is 23.2 Å². The van der Waals surface area contributed by atoms with Crippen LogP contribution in [-0.2, 0) is 0 Å². The van der Waals surface area contributed by atoms with E-state index in [4.69, 9.17) is 16.0 Å². The molecule has 0 aliphatic heterocycles. The number of amides is 1. The predicted octanol–water partition coefficient (Wildman–Crippen LogP) is 4.26. The highest BCUT2D eigenvalue weighted by molar-refractivity contribution is 6.31. The van der Waals surface area contributed by atoms with E-state index in [-0.39, 0.29) is 5.91 Å². The number of hydrogen-bond acceptors (Lipinski definition) is 4. The van der Waals surface area contributed by atoms with E-state index in [2.05, 4.69) is 15.5 Å². The number of aryl methyl sites for hydroxylation is 2. The van der Waals surface area contributed by atoms with Crippen molar-refractivity contribution in [2.75, 3.05) is 5.32 Å². The highest BCUT2D eigenvalue weighted by Crippen LogP contribution is 2.22.